The Bertz CT molecular complexity index is 287. The van der Waals surface area contributed by atoms with Crippen molar-refractivity contribution >= 4 is 11.7 Å². The number of carbonyl (C=O) groups is 1. The first-order valence-electron chi connectivity index (χ1n) is 4.41. The SMILES string of the molecule is CCN(OCC(=O)O)c1ccccc1. The van der Waals surface area contributed by atoms with Crippen LogP contribution in [0.1, 0.15) is 6.92 Å². The zero-order chi connectivity index (χ0) is 10.4. The molecule has 0 radical (unpaired) electrons. The predicted octanol–water partition coefficient (Wildman–Crippen LogP) is 1.53. The highest BCUT2D eigenvalue weighted by atomic mass is 16.7. The Morgan fingerprint density at radius 3 is 2.57 bits per heavy atom. The van der Waals surface area contributed by atoms with Gasteiger partial charge in [0.25, 0.3) is 0 Å². The van der Waals surface area contributed by atoms with E-state index in [-0.39, 0.29) is 6.61 Å². The van der Waals surface area contributed by atoms with Crippen molar-refractivity contribution in [2.24, 2.45) is 0 Å². The van der Waals surface area contributed by atoms with Gasteiger partial charge in [0.05, 0.1) is 5.69 Å². The number of rotatable bonds is 5. The molecule has 0 amide bonds. The molecule has 0 fully saturated rings. The summed E-state index contributed by atoms with van der Waals surface area (Å²) in [5.74, 6) is -0.973. The molecule has 4 heteroatoms. The second-order valence-electron chi connectivity index (χ2n) is 2.70. The van der Waals surface area contributed by atoms with Crippen LogP contribution in [0.5, 0.6) is 0 Å². The van der Waals surface area contributed by atoms with Crippen molar-refractivity contribution < 1.29 is 14.7 Å². The third-order valence-corrected chi connectivity index (χ3v) is 1.68. The van der Waals surface area contributed by atoms with Crippen LogP contribution in [0, 0.1) is 0 Å². The number of carboxylic acids is 1. The van der Waals surface area contributed by atoms with Crippen molar-refractivity contribution in [3.63, 3.8) is 0 Å². The van der Waals surface area contributed by atoms with Crippen LogP contribution >= 0.6 is 0 Å². The molecular weight excluding hydrogens is 182 g/mol. The molecule has 0 aromatic heterocycles. The Labute approximate surface area is 82.7 Å². The lowest BCUT2D eigenvalue weighted by atomic mass is 10.3. The van der Waals surface area contributed by atoms with Gasteiger partial charge in [-0.15, -0.1) is 0 Å². The summed E-state index contributed by atoms with van der Waals surface area (Å²) in [7, 11) is 0. The van der Waals surface area contributed by atoms with Gasteiger partial charge >= 0.3 is 5.97 Å². The fraction of sp³-hybridized carbons (Fsp3) is 0.300. The molecule has 0 bridgehead atoms. The molecule has 0 heterocycles. The summed E-state index contributed by atoms with van der Waals surface area (Å²) < 4.78 is 0. The normalized spacial score (nSPS) is 9.79. The van der Waals surface area contributed by atoms with Gasteiger partial charge in [-0.25, -0.2) is 4.79 Å². The average Bonchev–Trinajstić information content (AvgIpc) is 2.20. The van der Waals surface area contributed by atoms with E-state index in [1.807, 2.05) is 37.3 Å². The number of hydrogen-bond acceptors (Lipinski definition) is 3. The van der Waals surface area contributed by atoms with Gasteiger partial charge < -0.3 is 5.11 Å². The van der Waals surface area contributed by atoms with Crippen LogP contribution in [0.2, 0.25) is 0 Å². The number of hydroxylamine groups is 1. The Balaban J connectivity index is 2.58. The van der Waals surface area contributed by atoms with E-state index in [2.05, 4.69) is 0 Å². The van der Waals surface area contributed by atoms with Gasteiger partial charge in [-0.05, 0) is 19.1 Å². The van der Waals surface area contributed by atoms with Crippen LogP contribution in [-0.4, -0.2) is 24.2 Å². The standard InChI is InChI=1S/C10H13NO3/c1-2-11(14-8-10(12)13)9-6-4-3-5-7-9/h3-7H,2,8H2,1H3,(H,12,13). The minimum atomic E-state index is -0.973. The summed E-state index contributed by atoms with van der Waals surface area (Å²) >= 11 is 0. The highest BCUT2D eigenvalue weighted by molar-refractivity contribution is 5.68. The number of aliphatic carboxylic acids is 1. The molecule has 0 aliphatic heterocycles. The van der Waals surface area contributed by atoms with E-state index in [1.54, 1.807) is 5.06 Å². The number of hydrogen-bond donors (Lipinski definition) is 1. The summed E-state index contributed by atoms with van der Waals surface area (Å²) in [5.41, 5.74) is 0.858. The molecular formula is C10H13NO3. The van der Waals surface area contributed by atoms with Gasteiger partial charge in [-0.1, -0.05) is 18.2 Å². The molecule has 0 aliphatic rings. The molecule has 0 saturated carbocycles. The Morgan fingerprint density at radius 2 is 2.07 bits per heavy atom. The predicted molar refractivity (Wildman–Crippen MR) is 53.0 cm³/mol. The van der Waals surface area contributed by atoms with E-state index in [9.17, 15) is 4.79 Å². The zero-order valence-corrected chi connectivity index (χ0v) is 8.01. The largest absolute Gasteiger partial charge is 0.479 e. The molecule has 1 N–H and O–H groups in total. The summed E-state index contributed by atoms with van der Waals surface area (Å²) in [4.78, 5) is 15.4. The maximum Gasteiger partial charge on any atom is 0.332 e. The molecule has 0 aliphatic carbocycles. The fourth-order valence-electron chi connectivity index (χ4n) is 1.08. The number of nitrogens with zero attached hydrogens (tertiary/aromatic N) is 1. The van der Waals surface area contributed by atoms with Crippen molar-refractivity contribution in [2.45, 2.75) is 6.92 Å². The van der Waals surface area contributed by atoms with Crippen LogP contribution in [0.4, 0.5) is 5.69 Å². The number of para-hydroxylation sites is 1. The summed E-state index contributed by atoms with van der Waals surface area (Å²) in [6, 6.07) is 9.38. The van der Waals surface area contributed by atoms with Crippen LogP contribution < -0.4 is 5.06 Å². The smallest absolute Gasteiger partial charge is 0.332 e. The highest BCUT2D eigenvalue weighted by Gasteiger charge is 2.05. The lowest BCUT2D eigenvalue weighted by molar-refractivity contribution is -0.142. The van der Waals surface area contributed by atoms with Gasteiger partial charge in [0.15, 0.2) is 6.61 Å². The zero-order valence-electron chi connectivity index (χ0n) is 8.01. The summed E-state index contributed by atoms with van der Waals surface area (Å²) in [6.07, 6.45) is 0. The molecule has 0 unspecified atom stereocenters. The Morgan fingerprint density at radius 1 is 1.43 bits per heavy atom. The Kier molecular flexibility index (Phi) is 3.94. The third-order valence-electron chi connectivity index (χ3n) is 1.68. The molecule has 1 aromatic carbocycles. The highest BCUT2D eigenvalue weighted by Crippen LogP contribution is 2.12. The minimum absolute atomic E-state index is 0.317. The van der Waals surface area contributed by atoms with Crippen LogP contribution in [-0.2, 0) is 9.63 Å². The maximum absolute atomic E-state index is 10.3. The molecule has 4 nitrogen and oxygen atoms in total. The minimum Gasteiger partial charge on any atom is -0.479 e. The fourth-order valence-corrected chi connectivity index (χ4v) is 1.08. The number of benzene rings is 1. The van der Waals surface area contributed by atoms with Gasteiger partial charge in [0.2, 0.25) is 0 Å². The summed E-state index contributed by atoms with van der Waals surface area (Å²) in [5, 5.41) is 10.0. The lowest BCUT2D eigenvalue weighted by Gasteiger charge is -2.20. The van der Waals surface area contributed by atoms with Crippen molar-refractivity contribution in [3.05, 3.63) is 30.3 Å². The van der Waals surface area contributed by atoms with Crippen LogP contribution in [0.15, 0.2) is 30.3 Å². The van der Waals surface area contributed by atoms with Crippen molar-refractivity contribution in [1.82, 2.24) is 0 Å². The first kappa shape index (κ1) is 10.5. The van der Waals surface area contributed by atoms with Crippen molar-refractivity contribution in [3.8, 4) is 0 Å². The summed E-state index contributed by atoms with van der Waals surface area (Å²) in [6.45, 7) is 2.19. The molecule has 0 spiro atoms. The Hall–Kier alpha value is -1.55. The third kappa shape index (κ3) is 3.06. The quantitative estimate of drug-likeness (QED) is 0.724. The maximum atomic E-state index is 10.3. The van der Waals surface area contributed by atoms with Crippen LogP contribution in [0.25, 0.3) is 0 Å². The van der Waals surface area contributed by atoms with E-state index in [0.717, 1.165) is 5.69 Å². The van der Waals surface area contributed by atoms with Crippen molar-refractivity contribution in [2.75, 3.05) is 18.2 Å². The lowest BCUT2D eigenvalue weighted by Crippen LogP contribution is -2.26. The molecule has 0 saturated heterocycles. The molecule has 0 atom stereocenters. The molecule has 1 rings (SSSR count). The first-order chi connectivity index (χ1) is 6.74. The van der Waals surface area contributed by atoms with Crippen molar-refractivity contribution in [1.29, 1.82) is 0 Å². The number of anilines is 1. The van der Waals surface area contributed by atoms with Gasteiger partial charge in [0, 0.05) is 6.54 Å². The van der Waals surface area contributed by atoms with Gasteiger partial charge in [-0.3, -0.25) is 9.90 Å². The average molecular weight is 195 g/mol. The monoisotopic (exact) mass is 195 g/mol. The van der Waals surface area contributed by atoms with E-state index in [0.29, 0.717) is 6.54 Å². The van der Waals surface area contributed by atoms with Gasteiger partial charge in [-0.2, -0.15) is 0 Å². The number of carboxylic acid groups (broad SMARTS) is 1. The second-order valence-corrected chi connectivity index (χ2v) is 2.70. The van der Waals surface area contributed by atoms with E-state index >= 15 is 0 Å². The van der Waals surface area contributed by atoms with Gasteiger partial charge in [0.1, 0.15) is 0 Å². The van der Waals surface area contributed by atoms with E-state index in [1.165, 1.54) is 0 Å². The van der Waals surface area contributed by atoms with E-state index < -0.39 is 5.97 Å². The van der Waals surface area contributed by atoms with E-state index in [4.69, 9.17) is 9.94 Å². The second kappa shape index (κ2) is 5.24. The topological polar surface area (TPSA) is 49.8 Å². The van der Waals surface area contributed by atoms with Crippen LogP contribution in [0.3, 0.4) is 0 Å². The molecule has 76 valence electrons. The first-order valence-corrected chi connectivity index (χ1v) is 4.41. The molecule has 14 heavy (non-hydrogen) atoms. The molecule has 1 aromatic rings.